The van der Waals surface area contributed by atoms with Crippen molar-refractivity contribution in [1.29, 1.82) is 0 Å². The van der Waals surface area contributed by atoms with Crippen molar-refractivity contribution < 1.29 is 0 Å². The minimum Gasteiger partial charge on any atom is -0.311 e. The quantitative estimate of drug-likeness (QED) is 0.887. The Labute approximate surface area is 118 Å². The van der Waals surface area contributed by atoms with E-state index in [1.165, 1.54) is 36.1 Å². The normalized spacial score (nSPS) is 29.2. The minimum absolute atomic E-state index is 0.413. The Kier molecular flexibility index (Phi) is 4.62. The highest BCUT2D eigenvalue weighted by molar-refractivity contribution is 5.26. The van der Waals surface area contributed by atoms with E-state index in [0.717, 1.165) is 17.8 Å². The number of aryl methyl sites for hydroxylation is 2. The number of nitrogens with one attached hydrogen (secondary N) is 1. The summed E-state index contributed by atoms with van der Waals surface area (Å²) in [5.74, 6) is 2.44. The summed E-state index contributed by atoms with van der Waals surface area (Å²) in [6, 6.07) is 2.66. The van der Waals surface area contributed by atoms with E-state index in [1.807, 2.05) is 6.20 Å². The minimum atomic E-state index is 0.413. The molecule has 106 valence electrons. The number of hydrogen-bond donors (Lipinski definition) is 1. The van der Waals surface area contributed by atoms with Gasteiger partial charge in [-0.1, -0.05) is 26.3 Å². The summed E-state index contributed by atoms with van der Waals surface area (Å²) in [7, 11) is 2.08. The van der Waals surface area contributed by atoms with E-state index in [-0.39, 0.29) is 0 Å². The highest BCUT2D eigenvalue weighted by atomic mass is 14.9. The van der Waals surface area contributed by atoms with Crippen molar-refractivity contribution in [3.8, 4) is 0 Å². The molecular formula is C17H28N2. The van der Waals surface area contributed by atoms with Crippen LogP contribution >= 0.6 is 0 Å². The maximum absolute atomic E-state index is 4.71. The monoisotopic (exact) mass is 260 g/mol. The van der Waals surface area contributed by atoms with Crippen LogP contribution in [0.25, 0.3) is 0 Å². The maximum atomic E-state index is 4.71. The predicted molar refractivity (Wildman–Crippen MR) is 81.2 cm³/mol. The van der Waals surface area contributed by atoms with E-state index in [9.17, 15) is 0 Å². The number of aromatic nitrogens is 1. The molecule has 0 spiro atoms. The van der Waals surface area contributed by atoms with E-state index in [0.29, 0.717) is 6.04 Å². The highest BCUT2D eigenvalue weighted by Crippen LogP contribution is 2.39. The number of hydrogen-bond acceptors (Lipinski definition) is 2. The SMILES string of the molecule is CNC(c1ncc(C)cc1C)C1CCC(C)C(C)C1. The topological polar surface area (TPSA) is 24.9 Å². The molecule has 1 heterocycles. The fourth-order valence-corrected chi connectivity index (χ4v) is 3.54. The summed E-state index contributed by atoms with van der Waals surface area (Å²) in [6.45, 7) is 9.10. The molecule has 0 aromatic carbocycles. The van der Waals surface area contributed by atoms with Gasteiger partial charge >= 0.3 is 0 Å². The van der Waals surface area contributed by atoms with Crippen LogP contribution in [0, 0.1) is 31.6 Å². The van der Waals surface area contributed by atoms with E-state index < -0.39 is 0 Å². The second-order valence-corrected chi connectivity index (χ2v) is 6.51. The molecule has 0 bridgehead atoms. The van der Waals surface area contributed by atoms with Gasteiger partial charge in [0.2, 0.25) is 0 Å². The van der Waals surface area contributed by atoms with Crippen molar-refractivity contribution in [2.75, 3.05) is 7.05 Å². The fourth-order valence-electron chi connectivity index (χ4n) is 3.54. The van der Waals surface area contributed by atoms with Crippen LogP contribution in [0.4, 0.5) is 0 Å². The van der Waals surface area contributed by atoms with Crippen LogP contribution in [0.5, 0.6) is 0 Å². The summed E-state index contributed by atoms with van der Waals surface area (Å²) in [5, 5.41) is 3.52. The van der Waals surface area contributed by atoms with Gasteiger partial charge in [0.25, 0.3) is 0 Å². The van der Waals surface area contributed by atoms with Gasteiger partial charge < -0.3 is 5.32 Å². The third kappa shape index (κ3) is 3.17. The molecule has 1 aliphatic rings. The molecular weight excluding hydrogens is 232 g/mol. The van der Waals surface area contributed by atoms with Crippen molar-refractivity contribution >= 4 is 0 Å². The number of rotatable bonds is 3. The Hall–Kier alpha value is -0.890. The standard InChI is InChI=1S/C17H28N2/c1-11-8-14(4)16(19-10-11)17(18-5)15-7-6-12(2)13(3)9-15/h8,10,12-13,15,17-18H,6-7,9H2,1-5H3. The summed E-state index contributed by atoms with van der Waals surface area (Å²) in [6.07, 6.45) is 6.00. The van der Waals surface area contributed by atoms with Crippen LogP contribution in [-0.2, 0) is 0 Å². The van der Waals surface area contributed by atoms with Gasteiger partial charge in [-0.15, -0.1) is 0 Å². The Morgan fingerprint density at radius 2 is 1.95 bits per heavy atom. The molecule has 19 heavy (non-hydrogen) atoms. The second kappa shape index (κ2) is 6.04. The zero-order chi connectivity index (χ0) is 14.0. The van der Waals surface area contributed by atoms with Crippen LogP contribution in [0.1, 0.15) is 56.0 Å². The highest BCUT2D eigenvalue weighted by Gasteiger charge is 2.31. The first-order chi connectivity index (χ1) is 9.02. The second-order valence-electron chi connectivity index (χ2n) is 6.51. The van der Waals surface area contributed by atoms with Gasteiger partial charge in [-0.3, -0.25) is 4.98 Å². The first-order valence-electron chi connectivity index (χ1n) is 7.63. The summed E-state index contributed by atoms with van der Waals surface area (Å²) < 4.78 is 0. The van der Waals surface area contributed by atoms with Crippen LogP contribution < -0.4 is 5.32 Å². The van der Waals surface area contributed by atoms with Crippen LogP contribution in [0.15, 0.2) is 12.3 Å². The third-order valence-electron chi connectivity index (χ3n) is 4.97. The van der Waals surface area contributed by atoms with Crippen molar-refractivity contribution in [3.05, 3.63) is 29.1 Å². The molecule has 0 radical (unpaired) electrons. The average Bonchev–Trinajstić information content (AvgIpc) is 2.37. The predicted octanol–water partition coefficient (Wildman–Crippen LogP) is 4.03. The summed E-state index contributed by atoms with van der Waals surface area (Å²) >= 11 is 0. The number of pyridine rings is 1. The van der Waals surface area contributed by atoms with Gasteiger partial charge in [0.1, 0.15) is 0 Å². The first kappa shape index (κ1) is 14.5. The molecule has 1 fully saturated rings. The molecule has 1 saturated carbocycles. The van der Waals surface area contributed by atoms with Crippen molar-refractivity contribution in [2.24, 2.45) is 17.8 Å². The van der Waals surface area contributed by atoms with E-state index in [2.05, 4.69) is 46.1 Å². The molecule has 0 amide bonds. The molecule has 0 aliphatic heterocycles. The van der Waals surface area contributed by atoms with E-state index in [1.54, 1.807) is 0 Å². The largest absolute Gasteiger partial charge is 0.311 e. The Morgan fingerprint density at radius 3 is 2.53 bits per heavy atom. The van der Waals surface area contributed by atoms with Crippen LogP contribution in [0.2, 0.25) is 0 Å². The van der Waals surface area contributed by atoms with Crippen molar-refractivity contribution in [3.63, 3.8) is 0 Å². The Bertz CT molecular complexity index is 427. The van der Waals surface area contributed by atoms with E-state index >= 15 is 0 Å². The lowest BCUT2D eigenvalue weighted by Crippen LogP contribution is -2.32. The van der Waals surface area contributed by atoms with Crippen molar-refractivity contribution in [2.45, 2.75) is 53.0 Å². The molecule has 2 rings (SSSR count). The summed E-state index contributed by atoms with van der Waals surface area (Å²) in [4.78, 5) is 4.71. The molecule has 1 aromatic rings. The Morgan fingerprint density at radius 1 is 1.21 bits per heavy atom. The first-order valence-corrected chi connectivity index (χ1v) is 7.63. The molecule has 4 atom stereocenters. The van der Waals surface area contributed by atoms with Gasteiger partial charge in [-0.2, -0.15) is 0 Å². The molecule has 2 heteroatoms. The van der Waals surface area contributed by atoms with Crippen LogP contribution in [-0.4, -0.2) is 12.0 Å². The van der Waals surface area contributed by atoms with Crippen molar-refractivity contribution in [1.82, 2.24) is 10.3 Å². The lowest BCUT2D eigenvalue weighted by Gasteiger charge is -2.36. The van der Waals surface area contributed by atoms with E-state index in [4.69, 9.17) is 4.98 Å². The lowest BCUT2D eigenvalue weighted by atomic mass is 9.72. The van der Waals surface area contributed by atoms with Gasteiger partial charge in [0, 0.05) is 6.20 Å². The molecule has 1 aromatic heterocycles. The number of nitrogens with zero attached hydrogens (tertiary/aromatic N) is 1. The summed E-state index contributed by atoms with van der Waals surface area (Å²) in [5.41, 5.74) is 3.83. The molecule has 4 unspecified atom stereocenters. The molecule has 0 saturated heterocycles. The van der Waals surface area contributed by atoms with Gasteiger partial charge in [-0.25, -0.2) is 0 Å². The fraction of sp³-hybridized carbons (Fsp3) is 0.706. The van der Waals surface area contributed by atoms with Crippen LogP contribution in [0.3, 0.4) is 0 Å². The smallest absolute Gasteiger partial charge is 0.0605 e. The maximum Gasteiger partial charge on any atom is 0.0605 e. The van der Waals surface area contributed by atoms with Gasteiger partial charge in [0.05, 0.1) is 11.7 Å². The molecule has 2 nitrogen and oxygen atoms in total. The molecule has 1 N–H and O–H groups in total. The Balaban J connectivity index is 2.20. The third-order valence-corrected chi connectivity index (χ3v) is 4.97. The zero-order valence-corrected chi connectivity index (χ0v) is 13.0. The average molecular weight is 260 g/mol. The molecule has 1 aliphatic carbocycles. The lowest BCUT2D eigenvalue weighted by molar-refractivity contribution is 0.173. The van der Waals surface area contributed by atoms with Gasteiger partial charge in [0.15, 0.2) is 0 Å². The zero-order valence-electron chi connectivity index (χ0n) is 13.0. The van der Waals surface area contributed by atoms with Gasteiger partial charge in [-0.05, 0) is 62.6 Å².